The molecule has 10 nitrogen and oxygen atoms in total. The smallest absolute Gasteiger partial charge is 0.305 e. The van der Waals surface area contributed by atoms with Crippen molar-refractivity contribution in [2.75, 3.05) is 13.9 Å². The zero-order chi connectivity index (χ0) is 27.7. The van der Waals surface area contributed by atoms with Crippen LogP contribution < -0.4 is 5.32 Å². The molecule has 0 bridgehead atoms. The van der Waals surface area contributed by atoms with Crippen molar-refractivity contribution in [1.82, 2.24) is 5.32 Å². The number of hydrogen-bond acceptors (Lipinski definition) is 9. The Hall–Kier alpha value is -1.56. The van der Waals surface area contributed by atoms with E-state index in [1.807, 2.05) is 27.7 Å². The SMILES string of the molecule is C=C1CC(C(O)C(=O)NC(CCCC)OCO)OC(C)C1C.CCC(O)CC(O)CCCC(=O)OC. The van der Waals surface area contributed by atoms with Gasteiger partial charge >= 0.3 is 5.97 Å². The van der Waals surface area contributed by atoms with Gasteiger partial charge in [0, 0.05) is 12.3 Å². The second-order valence-corrected chi connectivity index (χ2v) is 9.33. The number of carbonyl (C=O) groups excluding carboxylic acids is 2. The third kappa shape index (κ3) is 14.2. The number of aliphatic hydroxyl groups is 4. The van der Waals surface area contributed by atoms with E-state index in [1.165, 1.54) is 7.11 Å². The zero-order valence-electron chi connectivity index (χ0n) is 22.6. The molecule has 0 radical (unpaired) electrons. The number of ether oxygens (including phenoxy) is 3. The van der Waals surface area contributed by atoms with Crippen LogP contribution in [-0.4, -0.2) is 83.0 Å². The topological polar surface area (TPSA) is 155 Å². The summed E-state index contributed by atoms with van der Waals surface area (Å²) >= 11 is 0. The second-order valence-electron chi connectivity index (χ2n) is 9.33. The molecule has 1 amide bonds. The second kappa shape index (κ2) is 19.5. The number of rotatable bonds is 15. The van der Waals surface area contributed by atoms with E-state index in [9.17, 15) is 24.9 Å². The normalized spacial score (nSPS) is 23.0. The largest absolute Gasteiger partial charge is 0.469 e. The van der Waals surface area contributed by atoms with Gasteiger partial charge < -0.3 is 40.0 Å². The van der Waals surface area contributed by atoms with E-state index < -0.39 is 43.3 Å². The van der Waals surface area contributed by atoms with E-state index in [2.05, 4.69) is 16.6 Å². The highest BCUT2D eigenvalue weighted by atomic mass is 16.6. The van der Waals surface area contributed by atoms with Crippen LogP contribution in [0, 0.1) is 5.92 Å². The molecule has 10 heteroatoms. The van der Waals surface area contributed by atoms with E-state index in [4.69, 9.17) is 14.6 Å². The number of amides is 1. The maximum absolute atomic E-state index is 12.2. The summed E-state index contributed by atoms with van der Waals surface area (Å²) in [5.41, 5.74) is 0.977. The monoisotopic (exact) mass is 519 g/mol. The van der Waals surface area contributed by atoms with E-state index in [1.54, 1.807) is 0 Å². The number of unbranched alkanes of at least 4 members (excludes halogenated alkanes) is 1. The lowest BCUT2D eigenvalue weighted by Crippen LogP contribution is -2.50. The standard InChI is InChI=1S/C16H29NO5.C10H20O4/c1-5-6-7-14(21-9-18)17-16(20)15(19)13-8-10(2)11(3)12(4)22-13;1-3-8(11)7-9(12)5-4-6-10(13)14-2/h11-15,18-19H,2,5-9H2,1,3-4H3,(H,17,20);8-9,11-12H,3-7H2,1-2H3. The number of nitrogens with one attached hydrogen (secondary N) is 1. The zero-order valence-corrected chi connectivity index (χ0v) is 22.6. The Kier molecular flexibility index (Phi) is 18.7. The van der Waals surface area contributed by atoms with Gasteiger partial charge in [-0.05, 0) is 51.9 Å². The van der Waals surface area contributed by atoms with Crippen molar-refractivity contribution in [2.24, 2.45) is 5.92 Å². The van der Waals surface area contributed by atoms with Gasteiger partial charge in [0.15, 0.2) is 6.10 Å². The lowest BCUT2D eigenvalue weighted by molar-refractivity contribution is -0.153. The number of esters is 1. The van der Waals surface area contributed by atoms with E-state index >= 15 is 0 Å². The van der Waals surface area contributed by atoms with Crippen LogP contribution in [0.5, 0.6) is 0 Å². The maximum Gasteiger partial charge on any atom is 0.305 e. The molecule has 0 aromatic heterocycles. The van der Waals surface area contributed by atoms with Gasteiger partial charge in [-0.3, -0.25) is 9.59 Å². The van der Waals surface area contributed by atoms with Crippen LogP contribution in [0.1, 0.15) is 85.5 Å². The molecule has 1 rings (SSSR count). The Bertz CT molecular complexity index is 631. The van der Waals surface area contributed by atoms with Crippen molar-refractivity contribution < 1.29 is 44.2 Å². The van der Waals surface area contributed by atoms with Crippen LogP contribution in [0.4, 0.5) is 0 Å². The lowest BCUT2D eigenvalue weighted by atomic mass is 9.88. The Morgan fingerprint density at radius 1 is 1.14 bits per heavy atom. The molecule has 5 N–H and O–H groups in total. The minimum atomic E-state index is -1.28. The van der Waals surface area contributed by atoms with E-state index in [-0.39, 0.29) is 18.0 Å². The number of carbonyl (C=O) groups is 2. The average molecular weight is 520 g/mol. The van der Waals surface area contributed by atoms with Crippen molar-refractivity contribution >= 4 is 11.9 Å². The van der Waals surface area contributed by atoms with Crippen molar-refractivity contribution in [3.05, 3.63) is 12.2 Å². The van der Waals surface area contributed by atoms with Crippen molar-refractivity contribution in [1.29, 1.82) is 0 Å². The summed E-state index contributed by atoms with van der Waals surface area (Å²) in [7, 11) is 1.35. The minimum Gasteiger partial charge on any atom is -0.469 e. The molecule has 0 aromatic carbocycles. The first kappa shape index (κ1) is 34.4. The molecule has 212 valence electrons. The molecule has 1 aliphatic heterocycles. The molecule has 7 unspecified atom stereocenters. The van der Waals surface area contributed by atoms with E-state index in [0.29, 0.717) is 44.9 Å². The van der Waals surface area contributed by atoms with Gasteiger partial charge in [0.25, 0.3) is 5.91 Å². The number of aliphatic hydroxyl groups excluding tert-OH is 4. The van der Waals surface area contributed by atoms with Gasteiger partial charge in [-0.15, -0.1) is 0 Å². The maximum atomic E-state index is 12.2. The highest BCUT2D eigenvalue weighted by molar-refractivity contribution is 5.81. The predicted molar refractivity (Wildman–Crippen MR) is 136 cm³/mol. The van der Waals surface area contributed by atoms with Gasteiger partial charge in [0.2, 0.25) is 0 Å². The molecule has 1 saturated heterocycles. The first-order chi connectivity index (χ1) is 17.0. The van der Waals surface area contributed by atoms with Crippen molar-refractivity contribution in [3.63, 3.8) is 0 Å². The fraction of sp³-hybridized carbons (Fsp3) is 0.846. The number of hydrogen-bond donors (Lipinski definition) is 5. The molecule has 7 atom stereocenters. The van der Waals surface area contributed by atoms with Gasteiger partial charge in [0.1, 0.15) is 13.0 Å². The molecular weight excluding hydrogens is 470 g/mol. The first-order valence-corrected chi connectivity index (χ1v) is 13.0. The van der Waals surface area contributed by atoms with Gasteiger partial charge in [-0.1, -0.05) is 39.3 Å². The predicted octanol–water partition coefficient (Wildman–Crippen LogP) is 2.17. The summed E-state index contributed by atoms with van der Waals surface area (Å²) in [6, 6.07) is 0. The van der Waals surface area contributed by atoms with Crippen molar-refractivity contribution in [3.8, 4) is 0 Å². The molecule has 36 heavy (non-hydrogen) atoms. The van der Waals surface area contributed by atoms with Crippen LogP contribution >= 0.6 is 0 Å². The van der Waals surface area contributed by atoms with Crippen molar-refractivity contribution in [2.45, 2.75) is 122 Å². The molecule has 1 aliphatic rings. The molecule has 0 aromatic rings. The summed E-state index contributed by atoms with van der Waals surface area (Å²) in [6.45, 7) is 11.3. The third-order valence-corrected chi connectivity index (χ3v) is 6.38. The van der Waals surface area contributed by atoms with Crippen LogP contribution in [0.15, 0.2) is 12.2 Å². The quantitative estimate of drug-likeness (QED) is 0.124. The third-order valence-electron chi connectivity index (χ3n) is 6.38. The molecule has 0 aliphatic carbocycles. The number of methoxy groups -OCH3 is 1. The summed E-state index contributed by atoms with van der Waals surface area (Å²) < 4.78 is 15.2. The lowest BCUT2D eigenvalue weighted by Gasteiger charge is -2.36. The average Bonchev–Trinajstić information content (AvgIpc) is 2.85. The van der Waals surface area contributed by atoms with E-state index in [0.717, 1.165) is 18.4 Å². The Balaban J connectivity index is 0.000000757. The molecule has 1 heterocycles. The minimum absolute atomic E-state index is 0.0849. The van der Waals surface area contributed by atoms with Crippen LogP contribution in [0.2, 0.25) is 0 Å². The first-order valence-electron chi connectivity index (χ1n) is 13.0. The summed E-state index contributed by atoms with van der Waals surface area (Å²) in [4.78, 5) is 22.9. The Labute approximate surface area is 216 Å². The highest BCUT2D eigenvalue weighted by Gasteiger charge is 2.36. The van der Waals surface area contributed by atoms with Gasteiger partial charge in [-0.2, -0.15) is 0 Å². The van der Waals surface area contributed by atoms with Crippen LogP contribution in [0.25, 0.3) is 0 Å². The Morgan fingerprint density at radius 2 is 1.81 bits per heavy atom. The molecule has 0 saturated carbocycles. The van der Waals surface area contributed by atoms with Crippen LogP contribution in [0.3, 0.4) is 0 Å². The Morgan fingerprint density at radius 3 is 2.33 bits per heavy atom. The summed E-state index contributed by atoms with van der Waals surface area (Å²) in [6.07, 6.45) is 1.82. The molecular formula is C26H49NO9. The fourth-order valence-electron chi connectivity index (χ4n) is 3.68. The fourth-order valence-corrected chi connectivity index (χ4v) is 3.68. The van der Waals surface area contributed by atoms with Gasteiger partial charge in [0.05, 0.1) is 31.5 Å². The van der Waals surface area contributed by atoms with Crippen LogP contribution in [-0.2, 0) is 23.8 Å². The molecule has 0 spiro atoms. The molecule has 1 fully saturated rings. The highest BCUT2D eigenvalue weighted by Crippen LogP contribution is 2.30. The summed E-state index contributed by atoms with van der Waals surface area (Å²) in [5.74, 6) is -0.594. The summed E-state index contributed by atoms with van der Waals surface area (Å²) in [5, 5.41) is 40.3. The van der Waals surface area contributed by atoms with Gasteiger partial charge in [-0.25, -0.2) is 0 Å².